The molecular formula is C22H19F5N4O2. The fourth-order valence-electron chi connectivity index (χ4n) is 3.51. The van der Waals surface area contributed by atoms with Crippen LogP contribution in [-0.4, -0.2) is 39.8 Å². The average Bonchev–Trinajstić information content (AvgIpc) is 3.19. The molecule has 0 fully saturated rings. The van der Waals surface area contributed by atoms with Gasteiger partial charge in [0, 0.05) is 31.4 Å². The third-order valence-electron chi connectivity index (χ3n) is 5.13. The molecule has 0 atom stereocenters. The summed E-state index contributed by atoms with van der Waals surface area (Å²) in [5.74, 6) is -1.70. The zero-order valence-corrected chi connectivity index (χ0v) is 17.2. The fourth-order valence-corrected chi connectivity index (χ4v) is 3.51. The quantitative estimate of drug-likeness (QED) is 0.561. The lowest BCUT2D eigenvalue weighted by Crippen LogP contribution is -2.42. The van der Waals surface area contributed by atoms with Gasteiger partial charge in [0.1, 0.15) is 11.6 Å². The first-order chi connectivity index (χ1) is 15.7. The second-order valence-corrected chi connectivity index (χ2v) is 7.48. The number of imidazole rings is 1. The molecule has 0 saturated heterocycles. The number of alkyl halides is 3. The van der Waals surface area contributed by atoms with Gasteiger partial charge >= 0.3 is 6.36 Å². The van der Waals surface area contributed by atoms with Crippen LogP contribution in [0.2, 0.25) is 0 Å². The molecule has 1 aliphatic heterocycles. The van der Waals surface area contributed by atoms with Gasteiger partial charge in [0.25, 0.3) is 0 Å². The van der Waals surface area contributed by atoms with E-state index in [0.717, 1.165) is 12.1 Å². The first-order valence-electron chi connectivity index (χ1n) is 10.0. The van der Waals surface area contributed by atoms with Gasteiger partial charge in [-0.05, 0) is 42.0 Å². The van der Waals surface area contributed by atoms with Gasteiger partial charge in [-0.2, -0.15) is 0 Å². The number of halogens is 5. The number of fused-ring (bicyclic) bond motifs is 1. The number of aromatic nitrogens is 2. The summed E-state index contributed by atoms with van der Waals surface area (Å²) in [6.45, 7) is 1.50. The minimum atomic E-state index is -4.75. The molecule has 0 spiro atoms. The number of nitrogens with zero attached hydrogens (tertiary/aromatic N) is 3. The van der Waals surface area contributed by atoms with Crippen molar-refractivity contribution in [1.29, 1.82) is 0 Å². The summed E-state index contributed by atoms with van der Waals surface area (Å²) in [5, 5.41) is 2.92. The van der Waals surface area contributed by atoms with E-state index in [0.29, 0.717) is 35.7 Å². The third-order valence-corrected chi connectivity index (χ3v) is 5.13. The summed E-state index contributed by atoms with van der Waals surface area (Å²) in [6.07, 6.45) is -2.97. The number of carbonyl (C=O) groups is 1. The van der Waals surface area contributed by atoms with Gasteiger partial charge in [0.05, 0.1) is 18.8 Å². The molecule has 0 bridgehead atoms. The molecule has 2 heterocycles. The minimum Gasteiger partial charge on any atom is -0.406 e. The molecule has 0 radical (unpaired) electrons. The summed E-state index contributed by atoms with van der Waals surface area (Å²) in [5.41, 5.74) is 1.72. The normalized spacial score (nSPS) is 13.7. The summed E-state index contributed by atoms with van der Waals surface area (Å²) in [7, 11) is 0. The van der Waals surface area contributed by atoms with Crippen molar-refractivity contribution >= 4 is 5.91 Å². The Labute approximate surface area is 185 Å². The summed E-state index contributed by atoms with van der Waals surface area (Å²) < 4.78 is 69.0. The van der Waals surface area contributed by atoms with Gasteiger partial charge < -0.3 is 19.5 Å². The highest BCUT2D eigenvalue weighted by Gasteiger charge is 2.31. The summed E-state index contributed by atoms with van der Waals surface area (Å²) in [6, 6.07) is 8.96. The highest BCUT2D eigenvalue weighted by Crippen LogP contribution is 2.27. The van der Waals surface area contributed by atoms with E-state index in [1.165, 1.54) is 30.3 Å². The van der Waals surface area contributed by atoms with E-state index in [1.54, 1.807) is 11.1 Å². The summed E-state index contributed by atoms with van der Waals surface area (Å²) >= 11 is 0. The van der Waals surface area contributed by atoms with Crippen molar-refractivity contribution in [3.8, 4) is 17.0 Å². The van der Waals surface area contributed by atoms with Crippen LogP contribution in [0.5, 0.6) is 5.75 Å². The van der Waals surface area contributed by atoms with Crippen LogP contribution < -0.4 is 10.1 Å². The van der Waals surface area contributed by atoms with Crippen molar-refractivity contribution in [2.45, 2.75) is 26.0 Å². The smallest absolute Gasteiger partial charge is 0.406 e. The van der Waals surface area contributed by atoms with Crippen molar-refractivity contribution in [2.24, 2.45) is 0 Å². The lowest BCUT2D eigenvalue weighted by atomic mass is 10.2. The molecule has 4 rings (SSSR count). The Bertz CT molecular complexity index is 1140. The van der Waals surface area contributed by atoms with E-state index in [9.17, 15) is 26.7 Å². The van der Waals surface area contributed by atoms with Gasteiger partial charge in [0.2, 0.25) is 5.91 Å². The maximum atomic E-state index is 13.3. The van der Waals surface area contributed by atoms with Crippen LogP contribution in [0.4, 0.5) is 22.0 Å². The number of ether oxygens (including phenoxy) is 1. The molecule has 3 aromatic rings. The van der Waals surface area contributed by atoms with Crippen LogP contribution in [0.1, 0.15) is 11.4 Å². The Balaban J connectivity index is 1.34. The lowest BCUT2D eigenvalue weighted by Gasteiger charge is -2.27. The van der Waals surface area contributed by atoms with Gasteiger partial charge in [-0.15, -0.1) is 13.2 Å². The number of amides is 1. The van der Waals surface area contributed by atoms with E-state index in [-0.39, 0.29) is 31.3 Å². The van der Waals surface area contributed by atoms with Gasteiger partial charge in [0.15, 0.2) is 11.6 Å². The SMILES string of the molecule is O=C(CNCc1ccc(F)c(F)c1)N1CCn2cc(-c3ccc(OC(F)(F)F)cc3)nc2C1. The molecular weight excluding hydrogens is 447 g/mol. The molecule has 174 valence electrons. The molecule has 0 saturated carbocycles. The fraction of sp³-hybridized carbons (Fsp3) is 0.273. The Morgan fingerprint density at radius 1 is 1.06 bits per heavy atom. The highest BCUT2D eigenvalue weighted by atomic mass is 19.4. The molecule has 1 N–H and O–H groups in total. The predicted molar refractivity (Wildman–Crippen MR) is 108 cm³/mol. The van der Waals surface area contributed by atoms with Gasteiger partial charge in [-0.25, -0.2) is 13.8 Å². The van der Waals surface area contributed by atoms with Crippen LogP contribution >= 0.6 is 0 Å². The van der Waals surface area contributed by atoms with E-state index in [4.69, 9.17) is 0 Å². The monoisotopic (exact) mass is 466 g/mol. The Hall–Kier alpha value is -3.47. The van der Waals surface area contributed by atoms with Crippen LogP contribution in [0.25, 0.3) is 11.3 Å². The number of benzene rings is 2. The van der Waals surface area contributed by atoms with Gasteiger partial charge in [-0.1, -0.05) is 6.07 Å². The molecule has 0 aliphatic carbocycles. The third kappa shape index (κ3) is 5.67. The van der Waals surface area contributed by atoms with E-state index in [1.807, 2.05) is 4.57 Å². The van der Waals surface area contributed by atoms with Crippen LogP contribution in [-0.2, 0) is 24.4 Å². The predicted octanol–water partition coefficient (Wildman–Crippen LogP) is 3.86. The van der Waals surface area contributed by atoms with Crippen molar-refractivity contribution in [2.75, 3.05) is 13.1 Å². The zero-order valence-electron chi connectivity index (χ0n) is 17.2. The van der Waals surface area contributed by atoms with E-state index < -0.39 is 18.0 Å². The Morgan fingerprint density at radius 2 is 1.82 bits per heavy atom. The first kappa shape index (κ1) is 22.7. The standard InChI is InChI=1S/C22H19F5N4O2/c23-17-6-1-14(9-18(17)24)10-28-11-21(32)31-8-7-30-12-19(29-20(30)13-31)15-2-4-16(5-3-15)33-22(25,26)27/h1-6,9,12,28H,7-8,10-11,13H2. The zero-order chi connectivity index (χ0) is 23.6. The molecule has 11 heteroatoms. The van der Waals surface area contributed by atoms with Crippen LogP contribution in [0.15, 0.2) is 48.7 Å². The number of hydrogen-bond donors (Lipinski definition) is 1. The minimum absolute atomic E-state index is 0.0211. The Kier molecular flexibility index (Phi) is 6.32. The van der Waals surface area contributed by atoms with E-state index in [2.05, 4.69) is 15.0 Å². The molecule has 1 aliphatic rings. The molecule has 2 aromatic carbocycles. The van der Waals surface area contributed by atoms with Crippen LogP contribution in [0, 0.1) is 11.6 Å². The second kappa shape index (κ2) is 9.18. The van der Waals surface area contributed by atoms with E-state index >= 15 is 0 Å². The molecule has 0 unspecified atom stereocenters. The topological polar surface area (TPSA) is 59.4 Å². The van der Waals surface area contributed by atoms with Crippen molar-refractivity contribution in [1.82, 2.24) is 19.8 Å². The highest BCUT2D eigenvalue weighted by molar-refractivity contribution is 5.78. The van der Waals surface area contributed by atoms with Crippen molar-refractivity contribution < 1.29 is 31.5 Å². The maximum Gasteiger partial charge on any atom is 0.573 e. The largest absolute Gasteiger partial charge is 0.573 e. The lowest BCUT2D eigenvalue weighted by molar-refractivity contribution is -0.274. The summed E-state index contributed by atoms with van der Waals surface area (Å²) in [4.78, 5) is 18.7. The number of nitrogens with one attached hydrogen (secondary N) is 1. The molecule has 33 heavy (non-hydrogen) atoms. The molecule has 6 nitrogen and oxygen atoms in total. The first-order valence-corrected chi connectivity index (χ1v) is 10.0. The number of carbonyl (C=O) groups excluding carboxylic acids is 1. The second-order valence-electron chi connectivity index (χ2n) is 7.48. The number of rotatable bonds is 6. The number of hydrogen-bond acceptors (Lipinski definition) is 4. The van der Waals surface area contributed by atoms with Crippen molar-refractivity contribution in [3.05, 3.63) is 71.7 Å². The average molecular weight is 466 g/mol. The molecule has 1 aromatic heterocycles. The maximum absolute atomic E-state index is 13.3. The Morgan fingerprint density at radius 3 is 2.52 bits per heavy atom. The molecule has 1 amide bonds. The van der Waals surface area contributed by atoms with Crippen molar-refractivity contribution in [3.63, 3.8) is 0 Å². The van der Waals surface area contributed by atoms with Gasteiger partial charge in [-0.3, -0.25) is 4.79 Å². The van der Waals surface area contributed by atoms with Crippen LogP contribution in [0.3, 0.4) is 0 Å².